The van der Waals surface area contributed by atoms with E-state index < -0.39 is 0 Å². The van der Waals surface area contributed by atoms with Crippen LogP contribution in [0, 0.1) is 5.41 Å². The zero-order valence-corrected chi connectivity index (χ0v) is 11.7. The van der Waals surface area contributed by atoms with Crippen molar-refractivity contribution in [3.05, 3.63) is 22.4 Å². The second-order valence-electron chi connectivity index (χ2n) is 5.59. The quantitative estimate of drug-likeness (QED) is 0.889. The standard InChI is InChI=1S/C14H18N2O2S/c17-12-9-14(10-15-12)3-5-16(6-4-14)13(18)8-11-2-1-7-19-11/h1-2,7H,3-6,8-10H2,(H,15,17). The van der Waals surface area contributed by atoms with Crippen molar-refractivity contribution < 1.29 is 9.59 Å². The molecule has 0 saturated carbocycles. The van der Waals surface area contributed by atoms with E-state index in [0.29, 0.717) is 12.8 Å². The SMILES string of the molecule is O=C1CC2(CCN(C(=O)Cc3cccs3)CC2)CN1. The minimum atomic E-state index is 0.122. The van der Waals surface area contributed by atoms with Gasteiger partial charge >= 0.3 is 0 Å². The lowest BCUT2D eigenvalue weighted by Crippen LogP contribution is -2.44. The van der Waals surface area contributed by atoms with Crippen LogP contribution in [-0.4, -0.2) is 36.3 Å². The van der Waals surface area contributed by atoms with Crippen LogP contribution in [0.2, 0.25) is 0 Å². The summed E-state index contributed by atoms with van der Waals surface area (Å²) in [7, 11) is 0. The summed E-state index contributed by atoms with van der Waals surface area (Å²) in [6.07, 6.45) is 3.05. The average Bonchev–Trinajstić information content (AvgIpc) is 3.01. The molecule has 2 amide bonds. The monoisotopic (exact) mass is 278 g/mol. The summed E-state index contributed by atoms with van der Waals surface area (Å²) in [5, 5.41) is 4.92. The molecule has 0 unspecified atom stereocenters. The van der Waals surface area contributed by atoms with E-state index >= 15 is 0 Å². The number of carbonyl (C=O) groups excluding carboxylic acids is 2. The normalized spacial score (nSPS) is 21.7. The summed E-state index contributed by atoms with van der Waals surface area (Å²) in [4.78, 5) is 26.6. The fourth-order valence-electron chi connectivity index (χ4n) is 3.01. The van der Waals surface area contributed by atoms with E-state index in [0.717, 1.165) is 37.4 Å². The molecule has 3 heterocycles. The molecule has 3 rings (SSSR count). The summed E-state index contributed by atoms with van der Waals surface area (Å²) in [5.74, 6) is 0.382. The molecule has 1 spiro atoms. The fraction of sp³-hybridized carbons (Fsp3) is 0.571. The first-order valence-corrected chi connectivity index (χ1v) is 7.62. The molecule has 2 aliphatic rings. The molecule has 0 aromatic carbocycles. The van der Waals surface area contributed by atoms with Gasteiger partial charge in [0.25, 0.3) is 0 Å². The number of hydrogen-bond donors (Lipinski definition) is 1. The van der Waals surface area contributed by atoms with Crippen LogP contribution in [0.5, 0.6) is 0 Å². The summed E-state index contributed by atoms with van der Waals surface area (Å²) in [6, 6.07) is 3.99. The lowest BCUT2D eigenvalue weighted by molar-refractivity contribution is -0.132. The van der Waals surface area contributed by atoms with Gasteiger partial charge in [-0.05, 0) is 29.7 Å². The van der Waals surface area contributed by atoms with Gasteiger partial charge in [0.1, 0.15) is 0 Å². The molecule has 2 fully saturated rings. The molecule has 2 saturated heterocycles. The molecular formula is C14H18N2O2S. The highest BCUT2D eigenvalue weighted by Crippen LogP contribution is 2.37. The number of thiophene rings is 1. The molecule has 19 heavy (non-hydrogen) atoms. The summed E-state index contributed by atoms with van der Waals surface area (Å²) >= 11 is 1.63. The van der Waals surface area contributed by atoms with Gasteiger partial charge in [-0.2, -0.15) is 0 Å². The lowest BCUT2D eigenvalue weighted by Gasteiger charge is -2.38. The third-order valence-electron chi connectivity index (χ3n) is 4.28. The van der Waals surface area contributed by atoms with Crippen LogP contribution in [0.25, 0.3) is 0 Å². The highest BCUT2D eigenvalue weighted by Gasteiger charge is 2.41. The number of carbonyl (C=O) groups is 2. The number of likely N-dealkylation sites (tertiary alicyclic amines) is 1. The average molecular weight is 278 g/mol. The van der Waals surface area contributed by atoms with Gasteiger partial charge in [-0.3, -0.25) is 9.59 Å². The Balaban J connectivity index is 1.55. The van der Waals surface area contributed by atoms with Gasteiger partial charge < -0.3 is 10.2 Å². The predicted octanol–water partition coefficient (Wildman–Crippen LogP) is 1.42. The number of piperidine rings is 1. The van der Waals surface area contributed by atoms with Gasteiger partial charge in [0, 0.05) is 30.9 Å². The second-order valence-corrected chi connectivity index (χ2v) is 6.62. The van der Waals surface area contributed by atoms with Crippen molar-refractivity contribution in [1.29, 1.82) is 0 Å². The largest absolute Gasteiger partial charge is 0.356 e. The molecule has 1 N–H and O–H groups in total. The van der Waals surface area contributed by atoms with E-state index in [9.17, 15) is 9.59 Å². The number of nitrogens with one attached hydrogen (secondary N) is 1. The van der Waals surface area contributed by atoms with Crippen molar-refractivity contribution in [1.82, 2.24) is 10.2 Å². The van der Waals surface area contributed by atoms with Crippen LogP contribution in [0.4, 0.5) is 0 Å². The van der Waals surface area contributed by atoms with Gasteiger partial charge in [0.15, 0.2) is 0 Å². The minimum absolute atomic E-state index is 0.122. The molecule has 102 valence electrons. The number of hydrogen-bond acceptors (Lipinski definition) is 3. The topological polar surface area (TPSA) is 49.4 Å². The second kappa shape index (κ2) is 4.96. The third kappa shape index (κ3) is 2.66. The first kappa shape index (κ1) is 12.7. The van der Waals surface area contributed by atoms with E-state index in [4.69, 9.17) is 0 Å². The molecule has 0 bridgehead atoms. The molecule has 1 aromatic rings. The van der Waals surface area contributed by atoms with Gasteiger partial charge in [-0.25, -0.2) is 0 Å². The first-order chi connectivity index (χ1) is 9.17. The van der Waals surface area contributed by atoms with Crippen molar-refractivity contribution in [3.63, 3.8) is 0 Å². The maximum atomic E-state index is 12.2. The van der Waals surface area contributed by atoms with E-state index in [1.165, 1.54) is 0 Å². The number of amides is 2. The Kier molecular flexibility index (Phi) is 3.31. The summed E-state index contributed by atoms with van der Waals surface area (Å²) in [6.45, 7) is 2.37. The summed E-state index contributed by atoms with van der Waals surface area (Å²) in [5.41, 5.74) is 0.122. The van der Waals surface area contributed by atoms with Gasteiger partial charge in [0.05, 0.1) is 6.42 Å². The van der Waals surface area contributed by atoms with Crippen molar-refractivity contribution in [3.8, 4) is 0 Å². The highest BCUT2D eigenvalue weighted by atomic mass is 32.1. The van der Waals surface area contributed by atoms with E-state index in [1.54, 1.807) is 11.3 Å². The number of rotatable bonds is 2. The smallest absolute Gasteiger partial charge is 0.227 e. The minimum Gasteiger partial charge on any atom is -0.356 e. The van der Waals surface area contributed by atoms with Crippen molar-refractivity contribution >= 4 is 23.2 Å². The van der Waals surface area contributed by atoms with Gasteiger partial charge in [-0.15, -0.1) is 11.3 Å². The van der Waals surface area contributed by atoms with E-state index in [1.807, 2.05) is 22.4 Å². The Morgan fingerprint density at radius 2 is 2.21 bits per heavy atom. The Morgan fingerprint density at radius 1 is 1.42 bits per heavy atom. The first-order valence-electron chi connectivity index (χ1n) is 6.74. The molecule has 0 aliphatic carbocycles. The van der Waals surface area contributed by atoms with Crippen molar-refractivity contribution in [2.24, 2.45) is 5.41 Å². The Bertz CT molecular complexity index is 476. The van der Waals surface area contributed by atoms with Gasteiger partial charge in [0.2, 0.25) is 11.8 Å². The fourth-order valence-corrected chi connectivity index (χ4v) is 3.71. The van der Waals surface area contributed by atoms with Crippen molar-refractivity contribution in [2.45, 2.75) is 25.7 Å². The van der Waals surface area contributed by atoms with Crippen LogP contribution in [0.3, 0.4) is 0 Å². The number of nitrogens with zero attached hydrogens (tertiary/aromatic N) is 1. The van der Waals surface area contributed by atoms with Gasteiger partial charge in [-0.1, -0.05) is 6.07 Å². The Hall–Kier alpha value is -1.36. The van der Waals surface area contributed by atoms with Crippen LogP contribution >= 0.6 is 11.3 Å². The molecule has 0 atom stereocenters. The molecule has 1 aromatic heterocycles. The van der Waals surface area contributed by atoms with Crippen LogP contribution in [0.15, 0.2) is 17.5 Å². The van der Waals surface area contributed by atoms with Crippen LogP contribution in [-0.2, 0) is 16.0 Å². The molecule has 4 nitrogen and oxygen atoms in total. The zero-order chi connectivity index (χ0) is 13.3. The highest BCUT2D eigenvalue weighted by molar-refractivity contribution is 7.10. The van der Waals surface area contributed by atoms with Crippen molar-refractivity contribution in [2.75, 3.05) is 19.6 Å². The lowest BCUT2D eigenvalue weighted by atomic mass is 9.77. The van der Waals surface area contributed by atoms with E-state index in [-0.39, 0.29) is 17.2 Å². The van der Waals surface area contributed by atoms with Crippen LogP contribution < -0.4 is 5.32 Å². The third-order valence-corrected chi connectivity index (χ3v) is 5.15. The molecule has 5 heteroatoms. The molecular weight excluding hydrogens is 260 g/mol. The summed E-state index contributed by atoms with van der Waals surface area (Å²) < 4.78 is 0. The Morgan fingerprint density at radius 3 is 2.79 bits per heavy atom. The van der Waals surface area contributed by atoms with E-state index in [2.05, 4.69) is 5.32 Å². The molecule has 2 aliphatic heterocycles. The van der Waals surface area contributed by atoms with Crippen LogP contribution in [0.1, 0.15) is 24.1 Å². The predicted molar refractivity (Wildman–Crippen MR) is 73.9 cm³/mol. The maximum Gasteiger partial charge on any atom is 0.227 e. The molecule has 0 radical (unpaired) electrons. The maximum absolute atomic E-state index is 12.2. The Labute approximate surface area is 116 Å². The zero-order valence-electron chi connectivity index (χ0n) is 10.9.